The standard InChI is InChI=1S/C23H30N2O5/c1-23(2,3)15-9-14(12-26)21(30-5)17(11-15)25-22(28)24-16-10-13-7-6-8-18(29-4)19(13)20(16)27/h6-9,11,16,20,26-27H,10,12H2,1-5H3,(H2,24,25,28)/t16-,20?/m1/s1. The number of anilines is 1. The lowest BCUT2D eigenvalue weighted by atomic mass is 9.85. The summed E-state index contributed by atoms with van der Waals surface area (Å²) in [4.78, 5) is 12.8. The third-order valence-corrected chi connectivity index (χ3v) is 5.46. The van der Waals surface area contributed by atoms with Crippen LogP contribution in [0.1, 0.15) is 49.1 Å². The molecule has 1 unspecified atom stereocenters. The molecule has 2 atom stereocenters. The van der Waals surface area contributed by atoms with Gasteiger partial charge in [-0.3, -0.25) is 0 Å². The molecular formula is C23H30N2O5. The first-order valence-electron chi connectivity index (χ1n) is 9.93. The molecule has 162 valence electrons. The maximum absolute atomic E-state index is 12.8. The minimum absolute atomic E-state index is 0.178. The van der Waals surface area contributed by atoms with Crippen LogP contribution in [-0.2, 0) is 18.4 Å². The molecule has 0 heterocycles. The van der Waals surface area contributed by atoms with E-state index in [9.17, 15) is 15.0 Å². The average Bonchev–Trinajstić information content (AvgIpc) is 3.02. The van der Waals surface area contributed by atoms with Gasteiger partial charge in [-0.05, 0) is 41.2 Å². The lowest BCUT2D eigenvalue weighted by Gasteiger charge is -2.24. The molecule has 2 amide bonds. The monoisotopic (exact) mass is 414 g/mol. The van der Waals surface area contributed by atoms with Crippen LogP contribution < -0.4 is 20.1 Å². The fourth-order valence-electron chi connectivity index (χ4n) is 3.86. The summed E-state index contributed by atoms with van der Waals surface area (Å²) in [5.41, 5.74) is 3.50. The van der Waals surface area contributed by atoms with Gasteiger partial charge < -0.3 is 30.3 Å². The Balaban J connectivity index is 1.82. The van der Waals surface area contributed by atoms with Crippen molar-refractivity contribution in [2.24, 2.45) is 0 Å². The summed E-state index contributed by atoms with van der Waals surface area (Å²) in [5, 5.41) is 26.2. The normalized spacial score (nSPS) is 18.0. The van der Waals surface area contributed by atoms with E-state index in [0.29, 0.717) is 34.7 Å². The number of hydrogen-bond donors (Lipinski definition) is 4. The molecule has 0 aliphatic heterocycles. The lowest BCUT2D eigenvalue weighted by Crippen LogP contribution is -2.40. The Bertz CT molecular complexity index is 936. The molecule has 0 aromatic heterocycles. The molecule has 2 aromatic rings. The average molecular weight is 415 g/mol. The summed E-state index contributed by atoms with van der Waals surface area (Å²) in [6.45, 7) is 5.96. The van der Waals surface area contributed by atoms with Crippen molar-refractivity contribution in [3.63, 3.8) is 0 Å². The molecule has 1 aliphatic carbocycles. The van der Waals surface area contributed by atoms with E-state index >= 15 is 0 Å². The number of carbonyl (C=O) groups is 1. The van der Waals surface area contributed by atoms with E-state index in [1.165, 1.54) is 7.11 Å². The molecular weight excluding hydrogens is 384 g/mol. The number of aliphatic hydroxyl groups excluding tert-OH is 2. The number of ether oxygens (including phenoxy) is 2. The van der Waals surface area contributed by atoms with Gasteiger partial charge in [0, 0.05) is 11.1 Å². The predicted octanol–water partition coefficient (Wildman–Crippen LogP) is 3.27. The van der Waals surface area contributed by atoms with Crippen LogP contribution in [0.4, 0.5) is 10.5 Å². The fraction of sp³-hybridized carbons (Fsp3) is 0.435. The second-order valence-corrected chi connectivity index (χ2v) is 8.51. The Hall–Kier alpha value is -2.77. The number of benzene rings is 2. The molecule has 0 bridgehead atoms. The largest absolute Gasteiger partial charge is 0.496 e. The molecule has 7 heteroatoms. The quantitative estimate of drug-likeness (QED) is 0.602. The van der Waals surface area contributed by atoms with Crippen LogP contribution in [0.25, 0.3) is 0 Å². The number of rotatable bonds is 5. The number of fused-ring (bicyclic) bond motifs is 1. The van der Waals surface area contributed by atoms with Crippen molar-refractivity contribution in [2.45, 2.75) is 51.4 Å². The molecule has 0 saturated heterocycles. The summed E-state index contributed by atoms with van der Waals surface area (Å²) < 4.78 is 10.8. The van der Waals surface area contributed by atoms with Crippen molar-refractivity contribution < 1.29 is 24.5 Å². The zero-order valence-electron chi connectivity index (χ0n) is 18.1. The van der Waals surface area contributed by atoms with Gasteiger partial charge in [-0.1, -0.05) is 32.9 Å². The van der Waals surface area contributed by atoms with Gasteiger partial charge in [-0.15, -0.1) is 0 Å². The van der Waals surface area contributed by atoms with Crippen molar-refractivity contribution in [2.75, 3.05) is 19.5 Å². The van der Waals surface area contributed by atoms with Crippen LogP contribution in [0, 0.1) is 0 Å². The minimum Gasteiger partial charge on any atom is -0.496 e. The maximum atomic E-state index is 12.8. The van der Waals surface area contributed by atoms with E-state index in [2.05, 4.69) is 31.4 Å². The molecule has 30 heavy (non-hydrogen) atoms. The second-order valence-electron chi connectivity index (χ2n) is 8.51. The smallest absolute Gasteiger partial charge is 0.319 e. The van der Waals surface area contributed by atoms with Gasteiger partial charge in [0.15, 0.2) is 0 Å². The Morgan fingerprint density at radius 2 is 1.93 bits per heavy atom. The Kier molecular flexibility index (Phi) is 6.24. The van der Waals surface area contributed by atoms with Gasteiger partial charge in [0.1, 0.15) is 17.6 Å². The van der Waals surface area contributed by atoms with Gasteiger partial charge in [-0.2, -0.15) is 0 Å². The number of aliphatic hydroxyl groups is 2. The summed E-state index contributed by atoms with van der Waals surface area (Å²) in [5.74, 6) is 1.02. The van der Waals surface area contributed by atoms with E-state index in [1.807, 2.05) is 24.3 Å². The second kappa shape index (κ2) is 8.53. The molecule has 3 rings (SSSR count). The predicted molar refractivity (Wildman–Crippen MR) is 115 cm³/mol. The number of methoxy groups -OCH3 is 2. The number of amides is 2. The van der Waals surface area contributed by atoms with E-state index in [4.69, 9.17) is 9.47 Å². The zero-order valence-corrected chi connectivity index (χ0v) is 18.1. The van der Waals surface area contributed by atoms with E-state index in [-0.39, 0.29) is 12.0 Å². The highest BCUT2D eigenvalue weighted by atomic mass is 16.5. The number of hydrogen-bond acceptors (Lipinski definition) is 5. The topological polar surface area (TPSA) is 100 Å². The van der Waals surface area contributed by atoms with Crippen molar-refractivity contribution >= 4 is 11.7 Å². The van der Waals surface area contributed by atoms with E-state index < -0.39 is 18.2 Å². The van der Waals surface area contributed by atoms with Crippen molar-refractivity contribution in [3.8, 4) is 11.5 Å². The van der Waals surface area contributed by atoms with Gasteiger partial charge in [0.05, 0.1) is 32.6 Å². The highest BCUT2D eigenvalue weighted by molar-refractivity contribution is 5.92. The first kappa shape index (κ1) is 21.9. The molecule has 0 saturated carbocycles. The third kappa shape index (κ3) is 4.22. The highest BCUT2D eigenvalue weighted by Crippen LogP contribution is 2.38. The Morgan fingerprint density at radius 3 is 2.53 bits per heavy atom. The molecule has 0 fully saturated rings. The van der Waals surface area contributed by atoms with Crippen LogP contribution in [-0.4, -0.2) is 36.5 Å². The van der Waals surface area contributed by atoms with E-state index in [1.54, 1.807) is 13.2 Å². The van der Waals surface area contributed by atoms with Crippen molar-refractivity contribution in [1.29, 1.82) is 0 Å². The fourth-order valence-corrected chi connectivity index (χ4v) is 3.86. The van der Waals surface area contributed by atoms with Crippen molar-refractivity contribution in [1.82, 2.24) is 5.32 Å². The van der Waals surface area contributed by atoms with Gasteiger partial charge in [0.2, 0.25) is 0 Å². The zero-order chi connectivity index (χ0) is 22.1. The van der Waals surface area contributed by atoms with Crippen LogP contribution in [0.2, 0.25) is 0 Å². The third-order valence-electron chi connectivity index (χ3n) is 5.46. The van der Waals surface area contributed by atoms with Crippen LogP contribution in [0.15, 0.2) is 30.3 Å². The van der Waals surface area contributed by atoms with Crippen LogP contribution in [0.3, 0.4) is 0 Å². The molecule has 4 N–H and O–H groups in total. The SMILES string of the molecule is COc1cccc2c1C(O)[C@H](NC(=O)Nc1cc(C(C)(C)C)cc(CO)c1OC)C2. The summed E-state index contributed by atoms with van der Waals surface area (Å²) in [7, 11) is 3.06. The molecule has 7 nitrogen and oxygen atoms in total. The van der Waals surface area contributed by atoms with Gasteiger partial charge in [-0.25, -0.2) is 4.79 Å². The summed E-state index contributed by atoms with van der Waals surface area (Å²) >= 11 is 0. The van der Waals surface area contributed by atoms with E-state index in [0.717, 1.165) is 11.1 Å². The molecule has 0 radical (unpaired) electrons. The number of nitrogens with one attached hydrogen (secondary N) is 2. The van der Waals surface area contributed by atoms with Crippen molar-refractivity contribution in [3.05, 3.63) is 52.6 Å². The summed E-state index contributed by atoms with van der Waals surface area (Å²) in [6, 6.07) is 8.37. The van der Waals surface area contributed by atoms with Crippen LogP contribution >= 0.6 is 0 Å². The highest BCUT2D eigenvalue weighted by Gasteiger charge is 2.34. The number of carbonyl (C=O) groups excluding carboxylic acids is 1. The maximum Gasteiger partial charge on any atom is 0.319 e. The molecule has 0 spiro atoms. The van der Waals surface area contributed by atoms with Gasteiger partial charge >= 0.3 is 6.03 Å². The minimum atomic E-state index is -0.863. The Morgan fingerprint density at radius 1 is 1.20 bits per heavy atom. The number of urea groups is 1. The summed E-state index contributed by atoms with van der Waals surface area (Å²) in [6.07, 6.45) is -0.361. The lowest BCUT2D eigenvalue weighted by molar-refractivity contribution is 0.142. The molecule has 1 aliphatic rings. The first-order valence-corrected chi connectivity index (χ1v) is 9.93. The van der Waals surface area contributed by atoms with Gasteiger partial charge in [0.25, 0.3) is 0 Å². The first-order chi connectivity index (χ1) is 14.2. The molecule has 2 aromatic carbocycles. The van der Waals surface area contributed by atoms with Crippen LogP contribution in [0.5, 0.6) is 11.5 Å². The Labute approximate surface area is 177 Å².